The minimum atomic E-state index is -0.116. The Balaban J connectivity index is 1.58. The molecule has 144 valence electrons. The summed E-state index contributed by atoms with van der Waals surface area (Å²) in [5.41, 5.74) is 1.96. The van der Waals surface area contributed by atoms with E-state index in [2.05, 4.69) is 22.1 Å². The van der Waals surface area contributed by atoms with Crippen molar-refractivity contribution in [2.45, 2.75) is 26.2 Å². The quantitative estimate of drug-likeness (QED) is 0.844. The van der Waals surface area contributed by atoms with Gasteiger partial charge in [0.1, 0.15) is 5.82 Å². The number of carbonyl (C=O) groups is 1. The van der Waals surface area contributed by atoms with Gasteiger partial charge in [-0.1, -0.05) is 13.0 Å². The van der Waals surface area contributed by atoms with Crippen LogP contribution in [0.3, 0.4) is 0 Å². The molecule has 0 unspecified atom stereocenters. The average Bonchev–Trinajstić information content (AvgIpc) is 2.69. The van der Waals surface area contributed by atoms with E-state index in [-0.39, 0.29) is 12.3 Å². The number of pyridine rings is 1. The lowest BCUT2D eigenvalue weighted by Gasteiger charge is -2.31. The molecule has 6 nitrogen and oxygen atoms in total. The Morgan fingerprint density at radius 3 is 2.52 bits per heavy atom. The van der Waals surface area contributed by atoms with Crippen LogP contribution < -0.4 is 19.7 Å². The van der Waals surface area contributed by atoms with Crippen LogP contribution >= 0.6 is 0 Å². The Kier molecular flexibility index (Phi) is 6.16. The van der Waals surface area contributed by atoms with Gasteiger partial charge in [-0.25, -0.2) is 4.98 Å². The maximum Gasteiger partial charge on any atom is 0.229 e. The van der Waals surface area contributed by atoms with Crippen LogP contribution in [-0.4, -0.2) is 38.2 Å². The number of hydrogen-bond acceptors (Lipinski definition) is 5. The van der Waals surface area contributed by atoms with E-state index in [1.807, 2.05) is 30.5 Å². The number of carbonyl (C=O) groups excluding carboxylic acids is 1. The minimum Gasteiger partial charge on any atom is -0.493 e. The minimum absolute atomic E-state index is 0.116. The molecule has 0 atom stereocenters. The van der Waals surface area contributed by atoms with Crippen LogP contribution in [0.5, 0.6) is 11.5 Å². The van der Waals surface area contributed by atoms with Gasteiger partial charge in [0.2, 0.25) is 5.91 Å². The SMILES string of the molecule is COc1ccc(CC(=O)Nc2ccc(N3CCC(C)CC3)cn2)cc1OC. The number of benzene rings is 1. The fraction of sp³-hybridized carbons (Fsp3) is 0.429. The van der Waals surface area contributed by atoms with E-state index in [9.17, 15) is 4.79 Å². The molecule has 0 bridgehead atoms. The zero-order valence-corrected chi connectivity index (χ0v) is 16.2. The third-order valence-corrected chi connectivity index (χ3v) is 4.98. The van der Waals surface area contributed by atoms with Crippen LogP contribution in [0.25, 0.3) is 0 Å². The fourth-order valence-electron chi connectivity index (χ4n) is 3.28. The van der Waals surface area contributed by atoms with Crippen molar-refractivity contribution in [3.05, 3.63) is 42.1 Å². The molecule has 27 heavy (non-hydrogen) atoms. The van der Waals surface area contributed by atoms with Crippen molar-refractivity contribution in [1.29, 1.82) is 0 Å². The molecule has 0 radical (unpaired) electrons. The van der Waals surface area contributed by atoms with Crippen LogP contribution in [0.1, 0.15) is 25.3 Å². The van der Waals surface area contributed by atoms with Crippen LogP contribution in [-0.2, 0) is 11.2 Å². The second kappa shape index (κ2) is 8.75. The summed E-state index contributed by atoms with van der Waals surface area (Å²) in [7, 11) is 3.17. The molecule has 3 rings (SSSR count). The smallest absolute Gasteiger partial charge is 0.229 e. The standard InChI is InChI=1S/C21H27N3O3/c1-15-8-10-24(11-9-15)17-5-7-20(22-14-17)23-21(25)13-16-4-6-18(26-2)19(12-16)27-3/h4-7,12,14-15H,8-11,13H2,1-3H3,(H,22,23,25). The molecular formula is C21H27N3O3. The topological polar surface area (TPSA) is 63.7 Å². The van der Waals surface area contributed by atoms with Crippen molar-refractivity contribution in [3.8, 4) is 11.5 Å². The van der Waals surface area contributed by atoms with Gasteiger partial charge in [0, 0.05) is 13.1 Å². The summed E-state index contributed by atoms with van der Waals surface area (Å²) < 4.78 is 10.5. The van der Waals surface area contributed by atoms with Gasteiger partial charge in [-0.3, -0.25) is 4.79 Å². The predicted molar refractivity (Wildman–Crippen MR) is 107 cm³/mol. The number of aromatic nitrogens is 1. The third kappa shape index (κ3) is 4.90. The number of nitrogens with zero attached hydrogens (tertiary/aromatic N) is 2. The van der Waals surface area contributed by atoms with Gasteiger partial charge in [0.05, 0.1) is 32.5 Å². The van der Waals surface area contributed by atoms with Gasteiger partial charge in [0.15, 0.2) is 11.5 Å². The van der Waals surface area contributed by atoms with Gasteiger partial charge >= 0.3 is 0 Å². The van der Waals surface area contributed by atoms with E-state index in [0.29, 0.717) is 17.3 Å². The van der Waals surface area contributed by atoms with E-state index in [0.717, 1.165) is 30.3 Å². The van der Waals surface area contributed by atoms with Crippen molar-refractivity contribution < 1.29 is 14.3 Å². The third-order valence-electron chi connectivity index (χ3n) is 4.98. The lowest BCUT2D eigenvalue weighted by Crippen LogP contribution is -2.32. The lowest BCUT2D eigenvalue weighted by molar-refractivity contribution is -0.115. The molecule has 6 heteroatoms. The molecule has 1 fully saturated rings. The molecule has 1 aromatic carbocycles. The summed E-state index contributed by atoms with van der Waals surface area (Å²) in [6.07, 6.45) is 4.50. The highest BCUT2D eigenvalue weighted by Gasteiger charge is 2.16. The van der Waals surface area contributed by atoms with Gasteiger partial charge in [0.25, 0.3) is 0 Å². The maximum atomic E-state index is 12.3. The van der Waals surface area contributed by atoms with Gasteiger partial charge < -0.3 is 19.7 Å². The molecule has 1 aliphatic rings. The highest BCUT2D eigenvalue weighted by Crippen LogP contribution is 2.28. The van der Waals surface area contributed by atoms with E-state index in [4.69, 9.17) is 9.47 Å². The molecule has 2 heterocycles. The molecule has 2 aromatic rings. The summed E-state index contributed by atoms with van der Waals surface area (Å²) in [6.45, 7) is 4.42. The molecule has 1 N–H and O–H groups in total. The number of hydrogen-bond donors (Lipinski definition) is 1. The number of nitrogens with one attached hydrogen (secondary N) is 1. The number of amides is 1. The zero-order chi connectivity index (χ0) is 19.2. The molecule has 1 aliphatic heterocycles. The normalized spacial score (nSPS) is 14.7. The van der Waals surface area contributed by atoms with Crippen molar-refractivity contribution in [2.24, 2.45) is 5.92 Å². The maximum absolute atomic E-state index is 12.3. The second-order valence-corrected chi connectivity index (χ2v) is 6.99. The monoisotopic (exact) mass is 369 g/mol. The molecule has 1 aromatic heterocycles. The van der Waals surface area contributed by atoms with Crippen molar-refractivity contribution in [2.75, 3.05) is 37.5 Å². The summed E-state index contributed by atoms with van der Waals surface area (Å²) >= 11 is 0. The first-order chi connectivity index (χ1) is 13.1. The largest absolute Gasteiger partial charge is 0.493 e. The first-order valence-corrected chi connectivity index (χ1v) is 9.31. The highest BCUT2D eigenvalue weighted by molar-refractivity contribution is 5.91. The molecule has 0 aliphatic carbocycles. The van der Waals surface area contributed by atoms with E-state index in [1.165, 1.54) is 12.8 Å². The van der Waals surface area contributed by atoms with Gasteiger partial charge in [-0.2, -0.15) is 0 Å². The molecular weight excluding hydrogens is 342 g/mol. The summed E-state index contributed by atoms with van der Waals surface area (Å²) in [5.74, 6) is 2.50. The van der Waals surface area contributed by atoms with Crippen molar-refractivity contribution in [1.82, 2.24) is 4.98 Å². The molecule has 0 spiro atoms. The van der Waals surface area contributed by atoms with E-state index < -0.39 is 0 Å². The lowest BCUT2D eigenvalue weighted by atomic mass is 9.99. The Hall–Kier alpha value is -2.76. The zero-order valence-electron chi connectivity index (χ0n) is 16.2. The number of ether oxygens (including phenoxy) is 2. The highest BCUT2D eigenvalue weighted by atomic mass is 16.5. The molecule has 1 amide bonds. The fourth-order valence-corrected chi connectivity index (χ4v) is 3.28. The average molecular weight is 369 g/mol. The Labute approximate surface area is 160 Å². The molecule has 0 saturated carbocycles. The molecule has 1 saturated heterocycles. The van der Waals surface area contributed by atoms with Crippen LogP contribution in [0.2, 0.25) is 0 Å². The summed E-state index contributed by atoms with van der Waals surface area (Å²) in [6, 6.07) is 9.35. The van der Waals surface area contributed by atoms with Crippen molar-refractivity contribution >= 4 is 17.4 Å². The van der Waals surface area contributed by atoms with Crippen molar-refractivity contribution in [3.63, 3.8) is 0 Å². The summed E-state index contributed by atoms with van der Waals surface area (Å²) in [4.78, 5) is 19.1. The van der Waals surface area contributed by atoms with Crippen LogP contribution in [0.4, 0.5) is 11.5 Å². The first kappa shape index (κ1) is 19.0. The van der Waals surface area contributed by atoms with E-state index >= 15 is 0 Å². The number of rotatable bonds is 6. The Bertz CT molecular complexity index is 769. The Morgan fingerprint density at radius 1 is 1.15 bits per heavy atom. The second-order valence-electron chi connectivity index (χ2n) is 6.99. The Morgan fingerprint density at radius 2 is 1.89 bits per heavy atom. The van der Waals surface area contributed by atoms with E-state index in [1.54, 1.807) is 20.3 Å². The van der Waals surface area contributed by atoms with Crippen LogP contribution in [0, 0.1) is 5.92 Å². The van der Waals surface area contributed by atoms with Crippen LogP contribution in [0.15, 0.2) is 36.5 Å². The van der Waals surface area contributed by atoms with Gasteiger partial charge in [-0.15, -0.1) is 0 Å². The van der Waals surface area contributed by atoms with Gasteiger partial charge in [-0.05, 0) is 48.6 Å². The predicted octanol–water partition coefficient (Wildman–Crippen LogP) is 3.52. The summed E-state index contributed by atoms with van der Waals surface area (Å²) in [5, 5.41) is 2.85. The number of anilines is 2. The first-order valence-electron chi connectivity index (χ1n) is 9.31. The number of piperidine rings is 1. The number of methoxy groups -OCH3 is 2.